The van der Waals surface area contributed by atoms with Gasteiger partial charge in [0.25, 0.3) is 5.56 Å². The number of ether oxygens (including phenoxy) is 1. The lowest BCUT2D eigenvalue weighted by Crippen LogP contribution is -2.24. The highest BCUT2D eigenvalue weighted by molar-refractivity contribution is 5.62. The molecule has 0 saturated heterocycles. The Morgan fingerprint density at radius 3 is 2.75 bits per heavy atom. The number of nitrogens with one attached hydrogen (secondary N) is 1. The molecule has 128 valence electrons. The van der Waals surface area contributed by atoms with Crippen molar-refractivity contribution < 1.29 is 17.9 Å². The van der Waals surface area contributed by atoms with E-state index in [0.29, 0.717) is 29.7 Å². The van der Waals surface area contributed by atoms with Gasteiger partial charge in [-0.25, -0.2) is 4.98 Å². The van der Waals surface area contributed by atoms with E-state index in [9.17, 15) is 18.0 Å². The topological polar surface area (TPSA) is 56.1 Å². The van der Waals surface area contributed by atoms with Crippen LogP contribution in [0, 0.1) is 6.92 Å². The summed E-state index contributed by atoms with van der Waals surface area (Å²) >= 11 is 0. The van der Waals surface area contributed by atoms with Crippen LogP contribution in [0.1, 0.15) is 11.3 Å². The lowest BCUT2D eigenvalue weighted by atomic mass is 10.2. The third kappa shape index (κ3) is 3.76. The second-order valence-electron chi connectivity index (χ2n) is 5.01. The molecule has 0 saturated carbocycles. The monoisotopic (exact) mass is 339 g/mol. The molecule has 2 aromatic rings. The van der Waals surface area contributed by atoms with Gasteiger partial charge in [0.05, 0.1) is 0 Å². The lowest BCUT2D eigenvalue weighted by molar-refractivity contribution is -0.141. The van der Waals surface area contributed by atoms with Gasteiger partial charge in [0.1, 0.15) is 12.4 Å². The van der Waals surface area contributed by atoms with E-state index >= 15 is 0 Å². The highest BCUT2D eigenvalue weighted by atomic mass is 19.4. The lowest BCUT2D eigenvalue weighted by Gasteiger charge is -2.16. The van der Waals surface area contributed by atoms with Gasteiger partial charge in [-0.05, 0) is 19.1 Å². The van der Waals surface area contributed by atoms with Gasteiger partial charge in [-0.3, -0.25) is 9.36 Å². The molecule has 8 heteroatoms. The van der Waals surface area contributed by atoms with E-state index in [1.165, 1.54) is 7.05 Å². The Balaban J connectivity index is 2.43. The van der Waals surface area contributed by atoms with Crippen LogP contribution >= 0.6 is 0 Å². The first kappa shape index (κ1) is 17.6. The van der Waals surface area contributed by atoms with Crippen molar-refractivity contribution in [1.29, 1.82) is 0 Å². The molecule has 1 aromatic carbocycles. The third-order valence-corrected chi connectivity index (χ3v) is 3.31. The summed E-state index contributed by atoms with van der Waals surface area (Å²) in [6.45, 7) is 5.59. The van der Waals surface area contributed by atoms with Crippen LogP contribution in [-0.4, -0.2) is 16.2 Å². The SMILES string of the molecule is C=CCOc1cccc(Nc2nc(C(F)(F)F)cc(=O)n2C)c1C. The number of hydrogen-bond acceptors (Lipinski definition) is 4. The molecule has 0 aliphatic carbocycles. The number of rotatable bonds is 5. The zero-order valence-electron chi connectivity index (χ0n) is 13.1. The zero-order chi connectivity index (χ0) is 17.9. The van der Waals surface area contributed by atoms with Crippen molar-refractivity contribution in [2.45, 2.75) is 13.1 Å². The number of aromatic nitrogens is 2. The molecule has 1 N–H and O–H groups in total. The highest BCUT2D eigenvalue weighted by Gasteiger charge is 2.34. The molecule has 0 unspecified atom stereocenters. The first-order valence-electron chi connectivity index (χ1n) is 6.99. The van der Waals surface area contributed by atoms with Crippen LogP contribution < -0.4 is 15.6 Å². The third-order valence-electron chi connectivity index (χ3n) is 3.31. The van der Waals surface area contributed by atoms with Crippen LogP contribution in [0.2, 0.25) is 0 Å². The predicted molar refractivity (Wildman–Crippen MR) is 84.6 cm³/mol. The Bertz CT molecular complexity index is 813. The van der Waals surface area contributed by atoms with Crippen LogP contribution in [-0.2, 0) is 13.2 Å². The van der Waals surface area contributed by atoms with Gasteiger partial charge in [0, 0.05) is 24.4 Å². The van der Waals surface area contributed by atoms with E-state index in [1.807, 2.05) is 0 Å². The molecule has 5 nitrogen and oxygen atoms in total. The molecular formula is C16H16F3N3O2. The summed E-state index contributed by atoms with van der Waals surface area (Å²) in [5.74, 6) is 0.343. The summed E-state index contributed by atoms with van der Waals surface area (Å²) in [5, 5.41) is 2.76. The van der Waals surface area contributed by atoms with Crippen LogP contribution in [0.25, 0.3) is 0 Å². The van der Waals surface area contributed by atoms with E-state index in [-0.39, 0.29) is 5.95 Å². The molecule has 0 atom stereocenters. The molecule has 1 aromatic heterocycles. The van der Waals surface area contributed by atoms with Gasteiger partial charge in [0.15, 0.2) is 5.69 Å². The molecular weight excluding hydrogens is 323 g/mol. The quantitative estimate of drug-likeness (QED) is 0.848. The summed E-state index contributed by atoms with van der Waals surface area (Å²) in [5.41, 5.74) is -0.897. The Morgan fingerprint density at radius 1 is 1.42 bits per heavy atom. The van der Waals surface area contributed by atoms with E-state index in [0.717, 1.165) is 4.57 Å². The molecule has 0 radical (unpaired) electrons. The van der Waals surface area contributed by atoms with Crippen molar-refractivity contribution in [1.82, 2.24) is 9.55 Å². The smallest absolute Gasteiger partial charge is 0.433 e. The van der Waals surface area contributed by atoms with E-state index in [2.05, 4.69) is 16.9 Å². The molecule has 0 fully saturated rings. The fourth-order valence-electron chi connectivity index (χ4n) is 1.97. The standard InChI is InChI=1S/C16H16F3N3O2/c1-4-8-24-12-7-5-6-11(10(12)2)20-15-21-13(16(17,18)19)9-14(23)22(15)3/h4-7,9H,1,8H2,2-3H3,(H,20,21). The van der Waals surface area contributed by atoms with Gasteiger partial charge in [-0.15, -0.1) is 0 Å². The average molecular weight is 339 g/mol. The average Bonchev–Trinajstić information content (AvgIpc) is 2.51. The number of halogens is 3. The van der Waals surface area contributed by atoms with Crippen molar-refractivity contribution >= 4 is 11.6 Å². The molecule has 0 bridgehead atoms. The fourth-order valence-corrected chi connectivity index (χ4v) is 1.97. The summed E-state index contributed by atoms with van der Waals surface area (Å²) in [6, 6.07) is 5.52. The van der Waals surface area contributed by atoms with Gasteiger partial charge < -0.3 is 10.1 Å². The molecule has 1 heterocycles. The number of anilines is 2. The van der Waals surface area contributed by atoms with Crippen molar-refractivity contribution in [2.24, 2.45) is 7.05 Å². The molecule has 0 aliphatic rings. The Hall–Kier alpha value is -2.77. The van der Waals surface area contributed by atoms with Gasteiger partial charge >= 0.3 is 6.18 Å². The Kier molecular flexibility index (Phi) is 4.96. The minimum Gasteiger partial charge on any atom is -0.489 e. The summed E-state index contributed by atoms with van der Waals surface area (Å²) in [4.78, 5) is 15.2. The Labute approximate surface area is 136 Å². The maximum atomic E-state index is 12.8. The van der Waals surface area contributed by atoms with E-state index < -0.39 is 17.4 Å². The minimum absolute atomic E-state index is 0.209. The highest BCUT2D eigenvalue weighted by Crippen LogP contribution is 2.30. The molecule has 0 amide bonds. The summed E-state index contributed by atoms with van der Waals surface area (Å²) < 4.78 is 45.0. The van der Waals surface area contributed by atoms with Crippen LogP contribution in [0.4, 0.5) is 24.8 Å². The largest absolute Gasteiger partial charge is 0.489 e. The van der Waals surface area contributed by atoms with E-state index in [1.54, 1.807) is 31.2 Å². The predicted octanol–water partition coefficient (Wildman–Crippen LogP) is 3.42. The van der Waals surface area contributed by atoms with E-state index in [4.69, 9.17) is 4.74 Å². The molecule has 2 rings (SSSR count). The van der Waals surface area contributed by atoms with Crippen LogP contribution in [0.5, 0.6) is 5.75 Å². The van der Waals surface area contributed by atoms with Crippen LogP contribution in [0.3, 0.4) is 0 Å². The van der Waals surface area contributed by atoms with Gasteiger partial charge in [-0.1, -0.05) is 18.7 Å². The number of alkyl halides is 3. The van der Waals surface area contributed by atoms with Crippen molar-refractivity contribution in [3.63, 3.8) is 0 Å². The van der Waals surface area contributed by atoms with Gasteiger partial charge in [0.2, 0.25) is 5.95 Å². The van der Waals surface area contributed by atoms with Crippen LogP contribution in [0.15, 0.2) is 41.7 Å². The fraction of sp³-hybridized carbons (Fsp3) is 0.250. The van der Waals surface area contributed by atoms with Crippen molar-refractivity contribution in [2.75, 3.05) is 11.9 Å². The maximum absolute atomic E-state index is 12.8. The zero-order valence-corrected chi connectivity index (χ0v) is 13.1. The molecule has 0 aliphatic heterocycles. The second-order valence-corrected chi connectivity index (χ2v) is 5.01. The number of hydrogen-bond donors (Lipinski definition) is 1. The number of nitrogens with zero attached hydrogens (tertiary/aromatic N) is 2. The first-order valence-corrected chi connectivity index (χ1v) is 6.99. The summed E-state index contributed by atoms with van der Waals surface area (Å²) in [6.07, 6.45) is -3.12. The second kappa shape index (κ2) is 6.77. The first-order chi connectivity index (χ1) is 11.2. The van der Waals surface area contributed by atoms with Crippen molar-refractivity contribution in [3.8, 4) is 5.75 Å². The minimum atomic E-state index is -4.70. The maximum Gasteiger partial charge on any atom is 0.433 e. The van der Waals surface area contributed by atoms with Crippen molar-refractivity contribution in [3.05, 3.63) is 58.5 Å². The molecule has 24 heavy (non-hydrogen) atoms. The number of benzene rings is 1. The summed E-state index contributed by atoms with van der Waals surface area (Å²) in [7, 11) is 1.34. The molecule has 0 spiro atoms. The Morgan fingerprint density at radius 2 is 2.12 bits per heavy atom. The normalized spacial score (nSPS) is 11.2. The van der Waals surface area contributed by atoms with Gasteiger partial charge in [-0.2, -0.15) is 13.2 Å².